The number of rotatable bonds is 4. The summed E-state index contributed by atoms with van der Waals surface area (Å²) in [6.45, 7) is 0. The monoisotopic (exact) mass is 313 g/mol. The molecule has 1 heterocycles. The van der Waals surface area contributed by atoms with Gasteiger partial charge in [-0.05, 0) is 38.5 Å². The number of nitrogens with zero attached hydrogens (tertiary/aromatic N) is 1. The van der Waals surface area contributed by atoms with Gasteiger partial charge in [-0.25, -0.2) is 18.4 Å². The van der Waals surface area contributed by atoms with Gasteiger partial charge in [-0.15, -0.1) is 0 Å². The number of primary sulfonamides is 1. The highest BCUT2D eigenvalue weighted by Crippen LogP contribution is 2.42. The Morgan fingerprint density at radius 1 is 1.19 bits per heavy atom. The fourth-order valence-corrected chi connectivity index (χ4v) is 3.73. The Labute approximate surface area is 123 Å². The van der Waals surface area contributed by atoms with Gasteiger partial charge in [0.15, 0.2) is 5.69 Å². The normalized spacial score (nSPS) is 20.4. The summed E-state index contributed by atoms with van der Waals surface area (Å²) < 4.78 is 28.9. The summed E-state index contributed by atoms with van der Waals surface area (Å²) in [5, 5.41) is 11.7. The first-order valence-electron chi connectivity index (χ1n) is 7.29. The number of hydrogen-bond acceptors (Lipinski definition) is 5. The Morgan fingerprint density at radius 2 is 1.86 bits per heavy atom. The predicted octanol–water partition coefficient (Wildman–Crippen LogP) is 1.42. The van der Waals surface area contributed by atoms with Crippen molar-refractivity contribution in [2.45, 2.75) is 61.9 Å². The lowest BCUT2D eigenvalue weighted by Gasteiger charge is -2.21. The molecule has 8 heteroatoms. The van der Waals surface area contributed by atoms with E-state index in [-0.39, 0.29) is 22.6 Å². The molecule has 21 heavy (non-hydrogen) atoms. The van der Waals surface area contributed by atoms with E-state index in [4.69, 9.17) is 9.88 Å². The molecule has 2 saturated carbocycles. The number of aromatic amines is 1. The Balaban J connectivity index is 1.85. The molecule has 1 aromatic rings. The largest absolute Gasteiger partial charge is 0.458 e. The van der Waals surface area contributed by atoms with Crippen molar-refractivity contribution in [2.75, 3.05) is 0 Å². The standard InChI is InChI=1S/C13H19N3O4S/c14-21(18,19)12-10(8-6-7-8)15-16-11(12)13(17)20-9-4-2-1-3-5-9/h8-9H,1-7H2,(H,15,16)(H2,14,18,19). The fraction of sp³-hybridized carbons (Fsp3) is 0.692. The third kappa shape index (κ3) is 3.11. The third-order valence-electron chi connectivity index (χ3n) is 4.04. The van der Waals surface area contributed by atoms with Gasteiger partial charge in [-0.1, -0.05) is 6.42 Å². The minimum Gasteiger partial charge on any atom is -0.458 e. The first-order chi connectivity index (χ1) is 9.97. The van der Waals surface area contributed by atoms with Gasteiger partial charge in [0.2, 0.25) is 10.0 Å². The average Bonchev–Trinajstić information content (AvgIpc) is 3.16. The molecule has 0 atom stereocenters. The summed E-state index contributed by atoms with van der Waals surface area (Å²) in [7, 11) is -4.01. The van der Waals surface area contributed by atoms with Gasteiger partial charge in [-0.2, -0.15) is 5.10 Å². The summed E-state index contributed by atoms with van der Waals surface area (Å²) in [5.41, 5.74) is 0.234. The van der Waals surface area contributed by atoms with E-state index < -0.39 is 16.0 Å². The maximum absolute atomic E-state index is 12.2. The minimum atomic E-state index is -4.01. The molecule has 0 radical (unpaired) electrons. The maximum Gasteiger partial charge on any atom is 0.360 e. The summed E-state index contributed by atoms with van der Waals surface area (Å²) in [6, 6.07) is 0. The van der Waals surface area contributed by atoms with Crippen LogP contribution in [-0.4, -0.2) is 30.7 Å². The number of carbonyl (C=O) groups excluding carboxylic acids is 1. The van der Waals surface area contributed by atoms with Crippen molar-refractivity contribution in [3.8, 4) is 0 Å². The summed E-state index contributed by atoms with van der Waals surface area (Å²) in [6.07, 6.45) is 6.42. The molecule has 3 rings (SSSR count). The topological polar surface area (TPSA) is 115 Å². The first-order valence-corrected chi connectivity index (χ1v) is 8.83. The summed E-state index contributed by atoms with van der Waals surface area (Å²) in [4.78, 5) is 12.0. The van der Waals surface area contributed by atoms with Crippen LogP contribution in [0.15, 0.2) is 4.90 Å². The van der Waals surface area contributed by atoms with Gasteiger partial charge in [0, 0.05) is 5.92 Å². The van der Waals surface area contributed by atoms with E-state index in [0.717, 1.165) is 44.9 Å². The molecule has 7 nitrogen and oxygen atoms in total. The highest BCUT2D eigenvalue weighted by molar-refractivity contribution is 7.89. The number of H-pyrrole nitrogens is 1. The van der Waals surface area contributed by atoms with Gasteiger partial charge in [0.05, 0.1) is 5.69 Å². The van der Waals surface area contributed by atoms with Crippen molar-refractivity contribution in [2.24, 2.45) is 5.14 Å². The third-order valence-corrected chi connectivity index (χ3v) is 5.02. The van der Waals surface area contributed by atoms with Gasteiger partial charge in [0.25, 0.3) is 0 Å². The highest BCUT2D eigenvalue weighted by Gasteiger charge is 2.36. The quantitative estimate of drug-likeness (QED) is 0.816. The lowest BCUT2D eigenvalue weighted by atomic mass is 9.98. The molecule has 0 bridgehead atoms. The molecular weight excluding hydrogens is 294 g/mol. The number of sulfonamides is 1. The van der Waals surface area contributed by atoms with E-state index in [9.17, 15) is 13.2 Å². The number of aromatic nitrogens is 2. The summed E-state index contributed by atoms with van der Waals surface area (Å²) >= 11 is 0. The Morgan fingerprint density at radius 3 is 2.43 bits per heavy atom. The maximum atomic E-state index is 12.2. The first kappa shape index (κ1) is 14.5. The molecule has 1 aromatic heterocycles. The second-order valence-corrected chi connectivity index (χ2v) is 7.30. The van der Waals surface area contributed by atoms with E-state index >= 15 is 0 Å². The Hall–Kier alpha value is -1.41. The lowest BCUT2D eigenvalue weighted by molar-refractivity contribution is 0.0200. The molecule has 2 aliphatic carbocycles. The van der Waals surface area contributed by atoms with Crippen molar-refractivity contribution in [3.63, 3.8) is 0 Å². The Kier molecular flexibility index (Phi) is 3.75. The molecular formula is C13H19N3O4S. The number of carbonyl (C=O) groups is 1. The van der Waals surface area contributed by atoms with E-state index in [1.54, 1.807) is 0 Å². The molecule has 2 aliphatic rings. The number of nitrogens with one attached hydrogen (secondary N) is 1. The molecule has 0 aromatic carbocycles. The van der Waals surface area contributed by atoms with Crippen LogP contribution in [0.1, 0.15) is 67.0 Å². The zero-order valence-electron chi connectivity index (χ0n) is 11.7. The molecule has 0 aliphatic heterocycles. The number of esters is 1. The van der Waals surface area contributed by atoms with Crippen LogP contribution in [0.2, 0.25) is 0 Å². The van der Waals surface area contributed by atoms with Crippen LogP contribution in [0.3, 0.4) is 0 Å². The van der Waals surface area contributed by atoms with Crippen molar-refractivity contribution in [3.05, 3.63) is 11.4 Å². The number of ether oxygens (including phenoxy) is 1. The molecule has 0 amide bonds. The predicted molar refractivity (Wildman–Crippen MR) is 74.2 cm³/mol. The van der Waals surface area contributed by atoms with Crippen LogP contribution in [0, 0.1) is 0 Å². The van der Waals surface area contributed by atoms with Crippen LogP contribution in [-0.2, 0) is 14.8 Å². The van der Waals surface area contributed by atoms with Gasteiger partial charge < -0.3 is 4.74 Å². The zero-order valence-corrected chi connectivity index (χ0v) is 12.5. The van der Waals surface area contributed by atoms with Crippen LogP contribution in [0.5, 0.6) is 0 Å². The van der Waals surface area contributed by atoms with Gasteiger partial charge in [0.1, 0.15) is 11.0 Å². The fourth-order valence-electron chi connectivity index (χ4n) is 2.81. The molecule has 0 unspecified atom stereocenters. The van der Waals surface area contributed by atoms with Crippen molar-refractivity contribution < 1.29 is 17.9 Å². The van der Waals surface area contributed by atoms with Crippen molar-refractivity contribution in [1.29, 1.82) is 0 Å². The van der Waals surface area contributed by atoms with E-state index in [2.05, 4.69) is 10.2 Å². The van der Waals surface area contributed by atoms with E-state index in [1.165, 1.54) is 0 Å². The molecule has 0 spiro atoms. The second kappa shape index (κ2) is 5.42. The summed E-state index contributed by atoms with van der Waals surface area (Å²) in [5.74, 6) is -0.601. The van der Waals surface area contributed by atoms with Gasteiger partial charge >= 0.3 is 5.97 Å². The lowest BCUT2D eigenvalue weighted by Crippen LogP contribution is -2.23. The Bertz CT molecular complexity index is 642. The second-order valence-electron chi connectivity index (χ2n) is 5.80. The van der Waals surface area contributed by atoms with Crippen molar-refractivity contribution in [1.82, 2.24) is 10.2 Å². The van der Waals surface area contributed by atoms with Crippen molar-refractivity contribution >= 4 is 16.0 Å². The SMILES string of the molecule is NS(=O)(=O)c1c(C(=O)OC2CCCCC2)n[nH]c1C1CC1. The number of hydrogen-bond donors (Lipinski definition) is 2. The van der Waals surface area contributed by atoms with Crippen LogP contribution >= 0.6 is 0 Å². The zero-order chi connectivity index (χ0) is 15.0. The molecule has 116 valence electrons. The molecule has 3 N–H and O–H groups in total. The molecule has 2 fully saturated rings. The molecule has 0 saturated heterocycles. The van der Waals surface area contributed by atoms with Crippen LogP contribution in [0.4, 0.5) is 0 Å². The average molecular weight is 313 g/mol. The smallest absolute Gasteiger partial charge is 0.360 e. The number of nitrogens with two attached hydrogens (primary N) is 1. The van der Waals surface area contributed by atoms with Crippen LogP contribution < -0.4 is 5.14 Å². The van der Waals surface area contributed by atoms with Crippen LogP contribution in [0.25, 0.3) is 0 Å². The van der Waals surface area contributed by atoms with E-state index in [1.807, 2.05) is 0 Å². The van der Waals surface area contributed by atoms with E-state index in [0.29, 0.717) is 5.69 Å². The minimum absolute atomic E-state index is 0.0991. The van der Waals surface area contributed by atoms with Gasteiger partial charge in [-0.3, -0.25) is 5.10 Å². The highest BCUT2D eigenvalue weighted by atomic mass is 32.2.